The van der Waals surface area contributed by atoms with E-state index in [9.17, 15) is 9.59 Å². The van der Waals surface area contributed by atoms with Gasteiger partial charge in [-0.3, -0.25) is 9.59 Å². The number of thioether (sulfide) groups is 1. The predicted octanol–water partition coefficient (Wildman–Crippen LogP) is 2.74. The Bertz CT molecular complexity index is 704. The number of hydrogen-bond donors (Lipinski definition) is 2. The molecule has 0 saturated heterocycles. The van der Waals surface area contributed by atoms with E-state index in [1.165, 1.54) is 28.7 Å². The van der Waals surface area contributed by atoms with E-state index in [4.69, 9.17) is 10.5 Å². The molecule has 25 heavy (non-hydrogen) atoms. The first-order valence-electron chi connectivity index (χ1n) is 7.83. The molecule has 1 aromatic carbocycles. The van der Waals surface area contributed by atoms with Crippen LogP contribution in [-0.4, -0.2) is 34.4 Å². The molecule has 1 heterocycles. The van der Waals surface area contributed by atoms with Crippen molar-refractivity contribution in [2.24, 2.45) is 0 Å². The number of ether oxygens (including phenoxy) is 1. The largest absolute Gasteiger partial charge is 0.455 e. The lowest BCUT2D eigenvalue weighted by molar-refractivity contribution is -0.144. The number of anilines is 2. The van der Waals surface area contributed by atoms with Gasteiger partial charge in [-0.25, -0.2) is 0 Å². The van der Waals surface area contributed by atoms with Crippen LogP contribution in [0.25, 0.3) is 0 Å². The van der Waals surface area contributed by atoms with Crippen LogP contribution in [0, 0.1) is 0 Å². The summed E-state index contributed by atoms with van der Waals surface area (Å²) in [6, 6.07) is 7.67. The van der Waals surface area contributed by atoms with Gasteiger partial charge in [0.1, 0.15) is 0 Å². The molecule has 0 radical (unpaired) electrons. The van der Waals surface area contributed by atoms with E-state index in [1.54, 1.807) is 0 Å². The topological polar surface area (TPSA) is 107 Å². The summed E-state index contributed by atoms with van der Waals surface area (Å²) in [7, 11) is 0. The van der Waals surface area contributed by atoms with Gasteiger partial charge in [-0.15, -0.1) is 10.2 Å². The zero-order chi connectivity index (χ0) is 18.1. The third-order valence-electron chi connectivity index (χ3n) is 3.16. The fourth-order valence-corrected chi connectivity index (χ4v) is 3.35. The molecule has 0 aliphatic carbocycles. The Labute approximate surface area is 154 Å². The zero-order valence-electron chi connectivity index (χ0n) is 13.9. The Morgan fingerprint density at radius 1 is 1.28 bits per heavy atom. The van der Waals surface area contributed by atoms with Crippen LogP contribution in [0.4, 0.5) is 10.8 Å². The minimum Gasteiger partial charge on any atom is -0.455 e. The number of rotatable bonds is 9. The number of aryl methyl sites for hydroxylation is 1. The van der Waals surface area contributed by atoms with Crippen molar-refractivity contribution in [1.82, 2.24) is 10.2 Å². The van der Waals surface area contributed by atoms with Crippen LogP contribution in [0.15, 0.2) is 28.6 Å². The van der Waals surface area contributed by atoms with E-state index < -0.39 is 5.97 Å². The number of nitrogens with two attached hydrogens (primary N) is 1. The van der Waals surface area contributed by atoms with E-state index in [1.807, 2.05) is 24.3 Å². The Hall–Kier alpha value is -2.13. The number of hydrogen-bond acceptors (Lipinski definition) is 8. The highest BCUT2D eigenvalue weighted by atomic mass is 32.2. The molecule has 1 aromatic heterocycles. The van der Waals surface area contributed by atoms with Crippen LogP contribution in [-0.2, 0) is 20.7 Å². The predicted molar refractivity (Wildman–Crippen MR) is 99.7 cm³/mol. The number of aromatic nitrogens is 2. The molecule has 9 heteroatoms. The number of nitrogen functional groups attached to an aromatic ring is 1. The highest BCUT2D eigenvalue weighted by molar-refractivity contribution is 8.01. The molecule has 0 bridgehead atoms. The van der Waals surface area contributed by atoms with Crippen LogP contribution in [0.1, 0.15) is 25.3 Å². The van der Waals surface area contributed by atoms with Crippen molar-refractivity contribution in [2.75, 3.05) is 23.4 Å². The number of amides is 1. The Morgan fingerprint density at radius 2 is 2.04 bits per heavy atom. The van der Waals surface area contributed by atoms with Crippen molar-refractivity contribution in [3.05, 3.63) is 29.8 Å². The molecule has 1 amide bonds. The van der Waals surface area contributed by atoms with Gasteiger partial charge >= 0.3 is 5.97 Å². The van der Waals surface area contributed by atoms with Crippen molar-refractivity contribution < 1.29 is 14.3 Å². The summed E-state index contributed by atoms with van der Waals surface area (Å²) in [6.07, 6.45) is 3.32. The van der Waals surface area contributed by atoms with E-state index in [0.29, 0.717) is 15.2 Å². The summed E-state index contributed by atoms with van der Waals surface area (Å²) >= 11 is 2.36. The minimum absolute atomic E-state index is 0.0496. The van der Waals surface area contributed by atoms with Crippen molar-refractivity contribution in [3.63, 3.8) is 0 Å². The lowest BCUT2D eigenvalue weighted by Crippen LogP contribution is -2.21. The van der Waals surface area contributed by atoms with E-state index >= 15 is 0 Å². The first kappa shape index (κ1) is 19.2. The number of unbranched alkanes of at least 4 members (excludes halogenated alkanes) is 1. The molecule has 7 nitrogen and oxygen atoms in total. The molecule has 3 N–H and O–H groups in total. The van der Waals surface area contributed by atoms with Crippen molar-refractivity contribution >= 4 is 45.8 Å². The Morgan fingerprint density at radius 3 is 2.68 bits per heavy atom. The van der Waals surface area contributed by atoms with Crippen molar-refractivity contribution in [2.45, 2.75) is 30.5 Å². The lowest BCUT2D eigenvalue weighted by Gasteiger charge is -2.07. The van der Waals surface area contributed by atoms with Gasteiger partial charge in [0.15, 0.2) is 10.9 Å². The van der Waals surface area contributed by atoms with Crippen LogP contribution < -0.4 is 11.1 Å². The molecular formula is C16H20N4O3S2. The molecule has 2 aromatic rings. The number of carbonyl (C=O) groups is 2. The molecular weight excluding hydrogens is 360 g/mol. The molecule has 0 atom stereocenters. The molecule has 0 saturated carbocycles. The van der Waals surface area contributed by atoms with Gasteiger partial charge in [-0.2, -0.15) is 0 Å². The number of carbonyl (C=O) groups excluding carboxylic acids is 2. The maximum Gasteiger partial charge on any atom is 0.316 e. The lowest BCUT2D eigenvalue weighted by atomic mass is 10.1. The smallest absolute Gasteiger partial charge is 0.316 e. The van der Waals surface area contributed by atoms with Gasteiger partial charge < -0.3 is 15.8 Å². The van der Waals surface area contributed by atoms with E-state index in [0.717, 1.165) is 19.3 Å². The highest BCUT2D eigenvalue weighted by Crippen LogP contribution is 2.23. The standard InChI is InChI=1S/C16H20N4O3S2/c1-2-3-4-11-5-7-12(8-6-11)18-13(21)9-23-14(22)10-24-16-20-19-15(17)25-16/h5-8H,2-4,9-10H2,1H3,(H2,17,19)(H,18,21). The second-order valence-electron chi connectivity index (χ2n) is 5.20. The normalized spacial score (nSPS) is 10.4. The molecule has 0 fully saturated rings. The number of benzene rings is 1. The van der Waals surface area contributed by atoms with Gasteiger partial charge in [0.05, 0.1) is 5.75 Å². The third kappa shape index (κ3) is 7.10. The van der Waals surface area contributed by atoms with Crippen molar-refractivity contribution in [1.29, 1.82) is 0 Å². The Kier molecular flexibility index (Phi) is 7.68. The van der Waals surface area contributed by atoms with Crippen LogP contribution in [0.3, 0.4) is 0 Å². The maximum absolute atomic E-state index is 11.8. The van der Waals surface area contributed by atoms with Gasteiger partial charge in [0.25, 0.3) is 5.91 Å². The SMILES string of the molecule is CCCCc1ccc(NC(=O)COC(=O)CSc2nnc(N)s2)cc1. The molecule has 2 rings (SSSR count). The monoisotopic (exact) mass is 380 g/mol. The van der Waals surface area contributed by atoms with Crippen molar-refractivity contribution in [3.8, 4) is 0 Å². The van der Waals surface area contributed by atoms with E-state index in [2.05, 4.69) is 22.4 Å². The number of nitrogens with zero attached hydrogens (tertiary/aromatic N) is 2. The quantitative estimate of drug-likeness (QED) is 0.509. The molecule has 0 unspecified atom stereocenters. The van der Waals surface area contributed by atoms with Crippen LogP contribution >= 0.6 is 23.1 Å². The fourth-order valence-electron chi connectivity index (χ4n) is 1.92. The maximum atomic E-state index is 11.8. The second-order valence-corrected chi connectivity index (χ2v) is 7.44. The highest BCUT2D eigenvalue weighted by Gasteiger charge is 2.10. The summed E-state index contributed by atoms with van der Waals surface area (Å²) in [5, 5.41) is 10.5. The molecule has 0 aliphatic rings. The summed E-state index contributed by atoms with van der Waals surface area (Å²) in [4.78, 5) is 23.4. The average Bonchev–Trinajstić information content (AvgIpc) is 3.03. The minimum atomic E-state index is -0.496. The first-order chi connectivity index (χ1) is 12.1. The molecule has 134 valence electrons. The second kappa shape index (κ2) is 10.00. The van der Waals surface area contributed by atoms with Crippen LogP contribution in [0.2, 0.25) is 0 Å². The summed E-state index contributed by atoms with van der Waals surface area (Å²) in [5.74, 6) is -0.822. The number of esters is 1. The summed E-state index contributed by atoms with van der Waals surface area (Å²) in [6.45, 7) is 1.83. The van der Waals surface area contributed by atoms with Gasteiger partial charge in [0, 0.05) is 5.69 Å². The van der Waals surface area contributed by atoms with E-state index in [-0.39, 0.29) is 18.3 Å². The zero-order valence-corrected chi connectivity index (χ0v) is 15.5. The summed E-state index contributed by atoms with van der Waals surface area (Å²) < 4.78 is 5.52. The molecule has 0 spiro atoms. The molecule has 0 aliphatic heterocycles. The van der Waals surface area contributed by atoms with Gasteiger partial charge in [0.2, 0.25) is 5.13 Å². The number of nitrogens with one attached hydrogen (secondary N) is 1. The third-order valence-corrected chi connectivity index (χ3v) is 5.02. The fraction of sp³-hybridized carbons (Fsp3) is 0.375. The van der Waals surface area contributed by atoms with Gasteiger partial charge in [-0.1, -0.05) is 48.6 Å². The van der Waals surface area contributed by atoms with Crippen LogP contribution in [0.5, 0.6) is 0 Å². The van der Waals surface area contributed by atoms with Gasteiger partial charge in [-0.05, 0) is 30.5 Å². The Balaban J connectivity index is 1.68. The first-order valence-corrected chi connectivity index (χ1v) is 9.63. The summed E-state index contributed by atoms with van der Waals surface area (Å²) in [5.41, 5.74) is 7.37. The average molecular weight is 380 g/mol.